The van der Waals surface area contributed by atoms with Crippen LogP contribution in [-0.2, 0) is 11.4 Å². The lowest BCUT2D eigenvalue weighted by molar-refractivity contribution is -0.118. The zero-order valence-electron chi connectivity index (χ0n) is 23.7. The molecule has 0 aliphatic rings. The van der Waals surface area contributed by atoms with Gasteiger partial charge in [-0.3, -0.25) is 14.4 Å². The van der Waals surface area contributed by atoms with E-state index in [4.69, 9.17) is 38.4 Å². The van der Waals surface area contributed by atoms with E-state index in [-0.39, 0.29) is 12.2 Å². The second-order valence-corrected chi connectivity index (χ2v) is 10.7. The lowest BCUT2D eigenvalue weighted by atomic mass is 10.0. The molecule has 226 valence electrons. The summed E-state index contributed by atoms with van der Waals surface area (Å²) in [5.41, 5.74) is 7.42. The molecular weight excluding hydrogens is 613 g/mol. The maximum Gasteiger partial charge on any atom is 0.252 e. The molecule has 1 atom stereocenters. The number of hydrogen-bond donors (Lipinski definition) is 3. The van der Waals surface area contributed by atoms with Crippen molar-refractivity contribution in [3.63, 3.8) is 0 Å². The molecule has 5 rings (SSSR count). The minimum Gasteiger partial charge on any atom is -0.489 e. The lowest BCUT2D eigenvalue weighted by Gasteiger charge is -2.20. The summed E-state index contributed by atoms with van der Waals surface area (Å²) in [4.78, 5) is 38.6. The number of benzene rings is 5. The molecule has 4 N–H and O–H groups in total. The Morgan fingerprint density at radius 2 is 1.31 bits per heavy atom. The Labute approximate surface area is 269 Å². The van der Waals surface area contributed by atoms with Crippen LogP contribution in [0.15, 0.2) is 121 Å². The Kier molecular flexibility index (Phi) is 9.99. The van der Waals surface area contributed by atoms with Crippen LogP contribution in [0.5, 0.6) is 17.2 Å². The Balaban J connectivity index is 1.34. The van der Waals surface area contributed by atoms with E-state index >= 15 is 0 Å². The van der Waals surface area contributed by atoms with Gasteiger partial charge in [-0.05, 0) is 84.4 Å². The van der Waals surface area contributed by atoms with Gasteiger partial charge in [-0.1, -0.05) is 65.7 Å². The van der Waals surface area contributed by atoms with Gasteiger partial charge in [0.25, 0.3) is 11.8 Å². The maximum absolute atomic E-state index is 13.6. The molecule has 0 fully saturated rings. The summed E-state index contributed by atoms with van der Waals surface area (Å²) < 4.78 is 11.7. The van der Waals surface area contributed by atoms with Crippen LogP contribution in [0.3, 0.4) is 0 Å². The fourth-order valence-electron chi connectivity index (χ4n) is 4.36. The van der Waals surface area contributed by atoms with E-state index in [2.05, 4.69) is 10.6 Å². The van der Waals surface area contributed by atoms with Gasteiger partial charge in [-0.25, -0.2) is 0 Å². The lowest BCUT2D eigenvalue weighted by Crippen LogP contribution is -2.37. The van der Waals surface area contributed by atoms with Gasteiger partial charge in [0.05, 0.1) is 0 Å². The second-order valence-electron chi connectivity index (χ2n) is 9.84. The molecule has 0 saturated carbocycles. The van der Waals surface area contributed by atoms with Crippen molar-refractivity contribution in [1.29, 1.82) is 0 Å². The summed E-state index contributed by atoms with van der Waals surface area (Å²) in [5.74, 6) is 0.0588. The van der Waals surface area contributed by atoms with E-state index in [1.807, 2.05) is 30.3 Å². The summed E-state index contributed by atoms with van der Waals surface area (Å²) in [7, 11) is 0. The number of halogens is 2. The molecule has 0 spiro atoms. The van der Waals surface area contributed by atoms with E-state index in [1.165, 1.54) is 12.1 Å². The van der Waals surface area contributed by atoms with Gasteiger partial charge in [0.1, 0.15) is 29.9 Å². The van der Waals surface area contributed by atoms with E-state index in [1.54, 1.807) is 78.9 Å². The molecular formula is C35H27Cl2N3O5. The number of carbonyl (C=O) groups excluding carboxylic acids is 3. The highest BCUT2D eigenvalue weighted by atomic mass is 35.5. The van der Waals surface area contributed by atoms with E-state index < -0.39 is 23.8 Å². The van der Waals surface area contributed by atoms with Crippen LogP contribution < -0.4 is 25.8 Å². The standard InChI is InChI=1S/C35H27Cl2N3O5/c36-30-10-5-11-31(37)29(30)21-44-26-16-12-22(13-17-26)32(35(43)39-25-7-4-6-24(20-25)33(38)41)40-34(42)23-14-18-28(19-15-23)45-27-8-2-1-3-9-27/h1-20,32H,21H2,(H2,38,41)(H,39,43)(H,40,42)/t32-/m0/s1. The quantitative estimate of drug-likeness (QED) is 0.138. The number of rotatable bonds is 11. The van der Waals surface area contributed by atoms with Crippen LogP contribution in [0.25, 0.3) is 0 Å². The highest BCUT2D eigenvalue weighted by Gasteiger charge is 2.24. The van der Waals surface area contributed by atoms with Crippen LogP contribution in [0.2, 0.25) is 10.0 Å². The summed E-state index contributed by atoms with van der Waals surface area (Å²) >= 11 is 12.5. The first-order chi connectivity index (χ1) is 21.8. The van der Waals surface area contributed by atoms with Crippen LogP contribution in [0.1, 0.15) is 37.9 Å². The molecule has 0 bridgehead atoms. The van der Waals surface area contributed by atoms with Gasteiger partial charge in [0.15, 0.2) is 0 Å². The average molecular weight is 641 g/mol. The molecule has 3 amide bonds. The molecule has 45 heavy (non-hydrogen) atoms. The van der Waals surface area contributed by atoms with Crippen molar-refractivity contribution < 1.29 is 23.9 Å². The molecule has 0 aliphatic heterocycles. The van der Waals surface area contributed by atoms with Gasteiger partial charge in [0, 0.05) is 32.4 Å². The number of para-hydroxylation sites is 1. The van der Waals surface area contributed by atoms with E-state index in [9.17, 15) is 14.4 Å². The van der Waals surface area contributed by atoms with Gasteiger partial charge >= 0.3 is 0 Å². The van der Waals surface area contributed by atoms with Gasteiger partial charge in [0.2, 0.25) is 5.91 Å². The largest absolute Gasteiger partial charge is 0.489 e. The highest BCUT2D eigenvalue weighted by molar-refractivity contribution is 6.35. The Morgan fingerprint density at radius 1 is 0.689 bits per heavy atom. The highest BCUT2D eigenvalue weighted by Crippen LogP contribution is 2.27. The van der Waals surface area contributed by atoms with Gasteiger partial charge in [-0.15, -0.1) is 0 Å². The number of hydrogen-bond acceptors (Lipinski definition) is 5. The normalized spacial score (nSPS) is 11.2. The summed E-state index contributed by atoms with van der Waals surface area (Å²) in [5, 5.41) is 6.54. The zero-order chi connectivity index (χ0) is 31.8. The Hall–Kier alpha value is -5.31. The minimum absolute atomic E-state index is 0.138. The number of anilines is 1. The number of nitrogens with one attached hydrogen (secondary N) is 2. The molecule has 0 aliphatic carbocycles. The molecule has 10 heteroatoms. The zero-order valence-corrected chi connectivity index (χ0v) is 25.2. The van der Waals surface area contributed by atoms with Crippen LogP contribution in [0, 0.1) is 0 Å². The SMILES string of the molecule is NC(=O)c1cccc(NC(=O)[C@@H](NC(=O)c2ccc(Oc3ccccc3)cc2)c2ccc(OCc3c(Cl)cccc3Cl)cc2)c1. The number of amides is 3. The minimum atomic E-state index is -1.11. The van der Waals surface area contributed by atoms with Crippen molar-refractivity contribution in [3.8, 4) is 17.2 Å². The van der Waals surface area contributed by atoms with Crippen molar-refractivity contribution in [3.05, 3.63) is 154 Å². The molecule has 0 saturated heterocycles. The summed E-state index contributed by atoms with van der Waals surface area (Å²) in [6.45, 7) is 0.138. The van der Waals surface area contributed by atoms with Crippen LogP contribution in [0.4, 0.5) is 5.69 Å². The smallest absolute Gasteiger partial charge is 0.252 e. The molecule has 5 aromatic rings. The van der Waals surface area contributed by atoms with Crippen molar-refractivity contribution in [1.82, 2.24) is 5.32 Å². The third-order valence-corrected chi connectivity index (χ3v) is 7.41. The molecule has 0 heterocycles. The molecule has 0 unspecified atom stereocenters. The van der Waals surface area contributed by atoms with Crippen molar-refractivity contribution >= 4 is 46.6 Å². The predicted molar refractivity (Wildman–Crippen MR) is 174 cm³/mol. The fraction of sp³-hybridized carbons (Fsp3) is 0.0571. The fourth-order valence-corrected chi connectivity index (χ4v) is 4.87. The van der Waals surface area contributed by atoms with Crippen molar-refractivity contribution in [2.24, 2.45) is 5.73 Å². The van der Waals surface area contributed by atoms with E-state index in [0.717, 1.165) is 0 Å². The Morgan fingerprint density at radius 3 is 1.98 bits per heavy atom. The van der Waals surface area contributed by atoms with Gasteiger partial charge in [-0.2, -0.15) is 0 Å². The Bertz CT molecular complexity index is 1790. The molecule has 8 nitrogen and oxygen atoms in total. The molecule has 0 aromatic heterocycles. The second kappa shape index (κ2) is 14.4. The first-order valence-electron chi connectivity index (χ1n) is 13.8. The maximum atomic E-state index is 13.6. The molecule has 0 radical (unpaired) electrons. The number of ether oxygens (including phenoxy) is 2. The van der Waals surface area contributed by atoms with Crippen LogP contribution >= 0.6 is 23.2 Å². The first kappa shape index (κ1) is 31.1. The monoisotopic (exact) mass is 639 g/mol. The number of carbonyl (C=O) groups is 3. The van der Waals surface area contributed by atoms with Gasteiger partial charge < -0.3 is 25.8 Å². The van der Waals surface area contributed by atoms with Crippen LogP contribution in [-0.4, -0.2) is 17.7 Å². The summed E-state index contributed by atoms with van der Waals surface area (Å²) in [6.07, 6.45) is 0. The van der Waals surface area contributed by atoms with Crippen molar-refractivity contribution in [2.45, 2.75) is 12.6 Å². The topological polar surface area (TPSA) is 120 Å². The average Bonchev–Trinajstić information content (AvgIpc) is 3.04. The third-order valence-electron chi connectivity index (χ3n) is 6.71. The van der Waals surface area contributed by atoms with Crippen molar-refractivity contribution in [2.75, 3.05) is 5.32 Å². The first-order valence-corrected chi connectivity index (χ1v) is 14.5. The number of nitrogens with two attached hydrogens (primary N) is 1. The third kappa shape index (κ3) is 8.20. The predicted octanol–water partition coefficient (Wildman–Crippen LogP) is 7.57. The summed E-state index contributed by atoms with van der Waals surface area (Å²) in [6, 6.07) is 32.8. The molecule has 5 aromatic carbocycles. The number of primary amides is 1. The van der Waals surface area contributed by atoms with E-state index in [0.29, 0.717) is 49.7 Å².